The Bertz CT molecular complexity index is 535. The number of anilines is 1. The van der Waals surface area contributed by atoms with Crippen molar-refractivity contribution in [1.29, 1.82) is 0 Å². The number of nitrogens with zero attached hydrogens (tertiary/aromatic N) is 2. The molecule has 1 aromatic heterocycles. The zero-order valence-electron chi connectivity index (χ0n) is 11.3. The van der Waals surface area contributed by atoms with Gasteiger partial charge in [-0.15, -0.1) is 0 Å². The third-order valence-corrected chi connectivity index (χ3v) is 2.89. The Labute approximate surface area is 107 Å². The standard InChI is InChI=1S/C14H19N3O/c1-14(2,3)17-9-16-12(13(17)15)10-5-7-11(18-4)8-6-10/h5-9H,15H2,1-4H3. The lowest BCUT2D eigenvalue weighted by molar-refractivity contribution is 0.402. The summed E-state index contributed by atoms with van der Waals surface area (Å²) in [5, 5.41) is 0. The molecule has 0 bridgehead atoms. The molecule has 2 aromatic rings. The van der Waals surface area contributed by atoms with E-state index in [4.69, 9.17) is 10.5 Å². The lowest BCUT2D eigenvalue weighted by Crippen LogP contribution is -2.22. The molecule has 2 rings (SSSR count). The van der Waals surface area contributed by atoms with E-state index in [1.54, 1.807) is 13.4 Å². The molecular weight excluding hydrogens is 226 g/mol. The first-order chi connectivity index (χ1) is 8.43. The summed E-state index contributed by atoms with van der Waals surface area (Å²) < 4.78 is 7.12. The van der Waals surface area contributed by atoms with E-state index in [2.05, 4.69) is 25.8 Å². The largest absolute Gasteiger partial charge is 0.497 e. The second-order valence-corrected chi connectivity index (χ2v) is 5.25. The van der Waals surface area contributed by atoms with Gasteiger partial charge in [0.2, 0.25) is 0 Å². The van der Waals surface area contributed by atoms with Crippen molar-refractivity contribution in [3.8, 4) is 17.0 Å². The molecule has 4 nitrogen and oxygen atoms in total. The van der Waals surface area contributed by atoms with Gasteiger partial charge in [0, 0.05) is 11.1 Å². The van der Waals surface area contributed by atoms with Gasteiger partial charge >= 0.3 is 0 Å². The van der Waals surface area contributed by atoms with E-state index in [1.807, 2.05) is 28.8 Å². The first kappa shape index (κ1) is 12.5. The van der Waals surface area contributed by atoms with Gasteiger partial charge in [0.25, 0.3) is 0 Å². The Morgan fingerprint density at radius 3 is 2.22 bits per heavy atom. The first-order valence-electron chi connectivity index (χ1n) is 5.91. The van der Waals surface area contributed by atoms with Gasteiger partial charge in [-0.2, -0.15) is 0 Å². The average Bonchev–Trinajstić information content (AvgIpc) is 2.71. The minimum absolute atomic E-state index is 0.0677. The maximum Gasteiger partial charge on any atom is 0.132 e. The number of ether oxygens (including phenoxy) is 1. The molecule has 0 unspecified atom stereocenters. The summed E-state index contributed by atoms with van der Waals surface area (Å²) in [6.07, 6.45) is 1.79. The van der Waals surface area contributed by atoms with Crippen LogP contribution < -0.4 is 10.5 Å². The summed E-state index contributed by atoms with van der Waals surface area (Å²) in [6, 6.07) is 7.74. The molecule has 4 heteroatoms. The lowest BCUT2D eigenvalue weighted by Gasteiger charge is -2.22. The van der Waals surface area contributed by atoms with Gasteiger partial charge in [0.05, 0.1) is 13.4 Å². The summed E-state index contributed by atoms with van der Waals surface area (Å²) in [6.45, 7) is 6.30. The van der Waals surface area contributed by atoms with Crippen molar-refractivity contribution in [3.05, 3.63) is 30.6 Å². The Morgan fingerprint density at radius 1 is 1.17 bits per heavy atom. The molecule has 2 N–H and O–H groups in total. The van der Waals surface area contributed by atoms with Crippen LogP contribution in [0.3, 0.4) is 0 Å². The number of nitrogen functional groups attached to an aromatic ring is 1. The van der Waals surface area contributed by atoms with Crippen LogP contribution in [-0.4, -0.2) is 16.7 Å². The number of nitrogens with two attached hydrogens (primary N) is 1. The molecule has 1 aromatic carbocycles. The molecule has 0 fully saturated rings. The third-order valence-electron chi connectivity index (χ3n) is 2.89. The highest BCUT2D eigenvalue weighted by atomic mass is 16.5. The summed E-state index contributed by atoms with van der Waals surface area (Å²) >= 11 is 0. The molecule has 18 heavy (non-hydrogen) atoms. The van der Waals surface area contributed by atoms with E-state index < -0.39 is 0 Å². The van der Waals surface area contributed by atoms with Crippen molar-refractivity contribution in [3.63, 3.8) is 0 Å². The second kappa shape index (κ2) is 4.37. The summed E-state index contributed by atoms with van der Waals surface area (Å²) in [5.41, 5.74) is 7.90. The van der Waals surface area contributed by atoms with Crippen LogP contribution >= 0.6 is 0 Å². The van der Waals surface area contributed by atoms with Gasteiger partial charge in [-0.05, 0) is 45.0 Å². The Kier molecular flexibility index (Phi) is 3.03. The quantitative estimate of drug-likeness (QED) is 0.885. The number of hydrogen-bond acceptors (Lipinski definition) is 3. The SMILES string of the molecule is COc1ccc(-c2ncn(C(C)(C)C)c2N)cc1. The number of benzene rings is 1. The first-order valence-corrected chi connectivity index (χ1v) is 5.91. The van der Waals surface area contributed by atoms with E-state index >= 15 is 0 Å². The summed E-state index contributed by atoms with van der Waals surface area (Å²) in [5.74, 6) is 1.51. The predicted molar refractivity (Wildman–Crippen MR) is 73.6 cm³/mol. The van der Waals surface area contributed by atoms with Crippen molar-refractivity contribution in [2.24, 2.45) is 0 Å². The van der Waals surface area contributed by atoms with Gasteiger partial charge in [0.15, 0.2) is 0 Å². The minimum atomic E-state index is -0.0677. The summed E-state index contributed by atoms with van der Waals surface area (Å²) in [4.78, 5) is 4.41. The van der Waals surface area contributed by atoms with Crippen molar-refractivity contribution < 1.29 is 4.74 Å². The van der Waals surface area contributed by atoms with Crippen LogP contribution in [0.25, 0.3) is 11.3 Å². The highest BCUT2D eigenvalue weighted by Gasteiger charge is 2.19. The molecule has 1 heterocycles. The van der Waals surface area contributed by atoms with Crippen molar-refractivity contribution in [2.45, 2.75) is 26.3 Å². The van der Waals surface area contributed by atoms with Crippen LogP contribution in [0.15, 0.2) is 30.6 Å². The van der Waals surface area contributed by atoms with Crippen LogP contribution in [0, 0.1) is 0 Å². The van der Waals surface area contributed by atoms with Crippen LogP contribution in [0.4, 0.5) is 5.82 Å². The van der Waals surface area contributed by atoms with Crippen LogP contribution in [0.1, 0.15) is 20.8 Å². The van der Waals surface area contributed by atoms with Crippen LogP contribution in [0.2, 0.25) is 0 Å². The molecule has 0 spiro atoms. The third kappa shape index (κ3) is 2.18. The van der Waals surface area contributed by atoms with Crippen LogP contribution in [-0.2, 0) is 5.54 Å². The maximum atomic E-state index is 6.16. The van der Waals surface area contributed by atoms with E-state index in [-0.39, 0.29) is 5.54 Å². The Hall–Kier alpha value is -1.97. The fourth-order valence-corrected chi connectivity index (χ4v) is 1.86. The smallest absolute Gasteiger partial charge is 0.132 e. The number of aromatic nitrogens is 2. The zero-order valence-corrected chi connectivity index (χ0v) is 11.3. The number of rotatable bonds is 2. The van der Waals surface area contributed by atoms with E-state index in [0.717, 1.165) is 17.0 Å². The van der Waals surface area contributed by atoms with Gasteiger partial charge in [0.1, 0.15) is 17.3 Å². The number of methoxy groups -OCH3 is 1. The molecule has 0 radical (unpaired) electrons. The van der Waals surface area contributed by atoms with E-state index in [9.17, 15) is 0 Å². The molecule has 0 aliphatic carbocycles. The lowest BCUT2D eigenvalue weighted by atomic mass is 10.1. The minimum Gasteiger partial charge on any atom is -0.497 e. The fraction of sp³-hybridized carbons (Fsp3) is 0.357. The second-order valence-electron chi connectivity index (χ2n) is 5.25. The Morgan fingerprint density at radius 2 is 1.78 bits per heavy atom. The van der Waals surface area contributed by atoms with Crippen LogP contribution in [0.5, 0.6) is 5.75 Å². The Balaban J connectivity index is 2.42. The molecule has 0 saturated carbocycles. The highest BCUT2D eigenvalue weighted by molar-refractivity contribution is 5.71. The topological polar surface area (TPSA) is 53.1 Å². The van der Waals surface area contributed by atoms with Crippen molar-refractivity contribution in [2.75, 3.05) is 12.8 Å². The fourth-order valence-electron chi connectivity index (χ4n) is 1.86. The summed E-state index contributed by atoms with van der Waals surface area (Å²) in [7, 11) is 1.65. The molecule has 0 aliphatic heterocycles. The monoisotopic (exact) mass is 245 g/mol. The van der Waals surface area contributed by atoms with Gasteiger partial charge in [-0.3, -0.25) is 0 Å². The molecule has 0 atom stereocenters. The van der Waals surface area contributed by atoms with Gasteiger partial charge in [-0.1, -0.05) is 0 Å². The maximum absolute atomic E-state index is 6.16. The molecule has 0 amide bonds. The molecule has 96 valence electrons. The van der Waals surface area contributed by atoms with Gasteiger partial charge < -0.3 is 15.0 Å². The van der Waals surface area contributed by atoms with E-state index in [0.29, 0.717) is 5.82 Å². The average molecular weight is 245 g/mol. The van der Waals surface area contributed by atoms with E-state index in [1.165, 1.54) is 0 Å². The zero-order chi connectivity index (χ0) is 13.3. The number of hydrogen-bond donors (Lipinski definition) is 1. The van der Waals surface area contributed by atoms with Gasteiger partial charge in [-0.25, -0.2) is 4.98 Å². The molecule has 0 saturated heterocycles. The highest BCUT2D eigenvalue weighted by Crippen LogP contribution is 2.29. The van der Waals surface area contributed by atoms with Crippen molar-refractivity contribution >= 4 is 5.82 Å². The number of imidazole rings is 1. The normalized spacial score (nSPS) is 11.6. The molecule has 0 aliphatic rings. The molecular formula is C14H19N3O. The van der Waals surface area contributed by atoms with Crippen molar-refractivity contribution in [1.82, 2.24) is 9.55 Å². The predicted octanol–water partition coefficient (Wildman–Crippen LogP) is 2.90.